The highest BCUT2D eigenvalue weighted by Crippen LogP contribution is 2.03. The van der Waals surface area contributed by atoms with Gasteiger partial charge < -0.3 is 5.32 Å². The van der Waals surface area contributed by atoms with E-state index in [1.54, 1.807) is 0 Å². The van der Waals surface area contributed by atoms with Crippen LogP contribution in [0.4, 0.5) is 0 Å². The summed E-state index contributed by atoms with van der Waals surface area (Å²) in [5.41, 5.74) is 1.18. The first kappa shape index (κ1) is 13.4. The van der Waals surface area contributed by atoms with Crippen LogP contribution in [0.2, 0.25) is 0 Å². The number of hydrogen-bond acceptors (Lipinski definition) is 1. The molecule has 0 amide bonds. The van der Waals surface area contributed by atoms with Gasteiger partial charge in [0.25, 0.3) is 0 Å². The van der Waals surface area contributed by atoms with E-state index in [2.05, 4.69) is 43.6 Å². The van der Waals surface area contributed by atoms with Gasteiger partial charge in [0.05, 0.1) is 0 Å². The van der Waals surface area contributed by atoms with Gasteiger partial charge in [-0.2, -0.15) is 0 Å². The first-order chi connectivity index (χ1) is 6.61. The first-order valence-corrected chi connectivity index (χ1v) is 5.52. The van der Waals surface area contributed by atoms with E-state index in [4.69, 9.17) is 0 Å². The molecule has 1 N–H and O–H groups in total. The maximum atomic E-state index is 4.06. The molecule has 0 aliphatic carbocycles. The summed E-state index contributed by atoms with van der Waals surface area (Å²) in [6, 6.07) is 0. The third-order valence-electron chi connectivity index (χ3n) is 2.38. The lowest BCUT2D eigenvalue weighted by Gasteiger charge is -2.04. The molecule has 0 aliphatic heterocycles. The lowest BCUT2D eigenvalue weighted by atomic mass is 10.1. The quantitative estimate of drug-likeness (QED) is 0.489. The molecule has 2 heteroatoms. The highest BCUT2D eigenvalue weighted by atomic mass is 15.0. The molecule has 0 radical (unpaired) electrons. The van der Waals surface area contributed by atoms with Crippen molar-refractivity contribution >= 4 is 6.21 Å². The van der Waals surface area contributed by atoms with Crippen molar-refractivity contribution in [3.05, 3.63) is 12.3 Å². The second-order valence-corrected chi connectivity index (χ2v) is 3.95. The fraction of sp³-hybridized carbons (Fsp3) is 0.750. The van der Waals surface area contributed by atoms with Gasteiger partial charge >= 0.3 is 0 Å². The van der Waals surface area contributed by atoms with E-state index in [-0.39, 0.29) is 0 Å². The van der Waals surface area contributed by atoms with E-state index in [1.165, 1.54) is 18.5 Å². The van der Waals surface area contributed by atoms with Gasteiger partial charge in [0.1, 0.15) is 13.3 Å². The average molecular weight is 197 g/mol. The summed E-state index contributed by atoms with van der Waals surface area (Å²) in [6.45, 7) is 9.54. The SMILES string of the molecule is C=C(CCNC)[N+](C)=CC(C)CCC. The molecule has 0 fully saturated rings. The molecule has 0 heterocycles. The average Bonchev–Trinajstić information content (AvgIpc) is 2.14. The van der Waals surface area contributed by atoms with Crippen molar-refractivity contribution in [1.82, 2.24) is 5.32 Å². The van der Waals surface area contributed by atoms with Gasteiger partial charge in [-0.3, -0.25) is 0 Å². The Morgan fingerprint density at radius 1 is 1.57 bits per heavy atom. The van der Waals surface area contributed by atoms with Crippen LogP contribution in [0.3, 0.4) is 0 Å². The Balaban J connectivity index is 4.01. The number of nitrogens with one attached hydrogen (secondary N) is 1. The molecule has 0 aliphatic rings. The van der Waals surface area contributed by atoms with Crippen molar-refractivity contribution in [3.8, 4) is 0 Å². The molecule has 0 aromatic heterocycles. The summed E-state index contributed by atoms with van der Waals surface area (Å²) in [6.07, 6.45) is 5.78. The highest BCUT2D eigenvalue weighted by Gasteiger charge is 2.07. The molecule has 0 aromatic carbocycles. The maximum absolute atomic E-state index is 4.06. The molecule has 2 nitrogen and oxygen atoms in total. The molecule has 0 rings (SSSR count). The molecule has 0 bridgehead atoms. The standard InChI is InChI=1S/C12H25N2/c1-6-7-11(2)10-14(5)12(3)8-9-13-4/h10-11,13H,3,6-9H2,1-2,4-5H3/q+1. The van der Waals surface area contributed by atoms with Gasteiger partial charge in [0.15, 0.2) is 5.70 Å². The minimum absolute atomic E-state index is 0.649. The van der Waals surface area contributed by atoms with E-state index < -0.39 is 0 Å². The Labute approximate surface area is 88.7 Å². The summed E-state index contributed by atoms with van der Waals surface area (Å²) in [7, 11) is 4.06. The van der Waals surface area contributed by atoms with E-state index >= 15 is 0 Å². The van der Waals surface area contributed by atoms with Crippen LogP contribution in [0.5, 0.6) is 0 Å². The molecule has 1 unspecified atom stereocenters. The highest BCUT2D eigenvalue weighted by molar-refractivity contribution is 5.54. The zero-order valence-electron chi connectivity index (χ0n) is 10.1. The largest absolute Gasteiger partial charge is 0.319 e. The third kappa shape index (κ3) is 5.92. The van der Waals surface area contributed by atoms with Crippen LogP contribution in [0.1, 0.15) is 33.1 Å². The Kier molecular flexibility index (Phi) is 7.40. The van der Waals surface area contributed by atoms with E-state index in [0.717, 1.165) is 13.0 Å². The van der Waals surface area contributed by atoms with Gasteiger partial charge in [0.2, 0.25) is 0 Å². The third-order valence-corrected chi connectivity index (χ3v) is 2.38. The topological polar surface area (TPSA) is 15.0 Å². The fourth-order valence-electron chi connectivity index (χ4n) is 1.46. The van der Waals surface area contributed by atoms with E-state index in [9.17, 15) is 0 Å². The van der Waals surface area contributed by atoms with Crippen LogP contribution in [-0.4, -0.2) is 31.4 Å². The monoisotopic (exact) mass is 197 g/mol. The predicted molar refractivity (Wildman–Crippen MR) is 64.0 cm³/mol. The van der Waals surface area contributed by atoms with Crippen molar-refractivity contribution < 1.29 is 4.58 Å². The summed E-state index contributed by atoms with van der Waals surface area (Å²) in [5.74, 6) is 0.649. The molecule has 0 spiro atoms. The lowest BCUT2D eigenvalue weighted by molar-refractivity contribution is -0.443. The van der Waals surface area contributed by atoms with Crippen molar-refractivity contribution in [1.29, 1.82) is 0 Å². The molecule has 0 saturated heterocycles. The minimum Gasteiger partial charge on any atom is -0.319 e. The molecule has 82 valence electrons. The summed E-state index contributed by atoms with van der Waals surface area (Å²) >= 11 is 0. The maximum Gasteiger partial charge on any atom is 0.174 e. The van der Waals surface area contributed by atoms with Crippen LogP contribution in [-0.2, 0) is 0 Å². The Morgan fingerprint density at radius 2 is 2.21 bits per heavy atom. The van der Waals surface area contributed by atoms with Crippen molar-refractivity contribution in [2.24, 2.45) is 5.92 Å². The van der Waals surface area contributed by atoms with Gasteiger partial charge in [-0.25, -0.2) is 4.58 Å². The minimum atomic E-state index is 0.649. The smallest absolute Gasteiger partial charge is 0.174 e. The van der Waals surface area contributed by atoms with Gasteiger partial charge in [0, 0.05) is 18.9 Å². The number of hydrogen-bond donors (Lipinski definition) is 1. The molecule has 0 aromatic rings. The Hall–Kier alpha value is -0.630. The second kappa shape index (κ2) is 7.74. The molecule has 0 saturated carbocycles. The summed E-state index contributed by atoms with van der Waals surface area (Å²) in [4.78, 5) is 0. The van der Waals surface area contributed by atoms with E-state index in [1.807, 2.05) is 7.05 Å². The Bertz CT molecular complexity index is 194. The molecule has 1 atom stereocenters. The normalized spacial score (nSPS) is 14.1. The van der Waals surface area contributed by atoms with Crippen LogP contribution < -0.4 is 5.32 Å². The first-order valence-electron chi connectivity index (χ1n) is 5.52. The fourth-order valence-corrected chi connectivity index (χ4v) is 1.46. The van der Waals surface area contributed by atoms with Gasteiger partial charge in [-0.05, 0) is 20.0 Å². The van der Waals surface area contributed by atoms with Crippen LogP contribution >= 0.6 is 0 Å². The summed E-state index contributed by atoms with van der Waals surface area (Å²) in [5, 5.41) is 3.13. The lowest BCUT2D eigenvalue weighted by Crippen LogP contribution is -2.15. The second-order valence-electron chi connectivity index (χ2n) is 3.95. The van der Waals surface area contributed by atoms with Crippen LogP contribution in [0.25, 0.3) is 0 Å². The molecular weight excluding hydrogens is 172 g/mol. The van der Waals surface area contributed by atoms with Crippen molar-refractivity contribution in [3.63, 3.8) is 0 Å². The van der Waals surface area contributed by atoms with Gasteiger partial charge in [-0.15, -0.1) is 0 Å². The predicted octanol–water partition coefficient (Wildman–Crippen LogP) is 2.26. The zero-order valence-corrected chi connectivity index (χ0v) is 10.1. The van der Waals surface area contributed by atoms with E-state index in [0.29, 0.717) is 5.92 Å². The molecular formula is C12H25N2+. The molecule has 14 heavy (non-hydrogen) atoms. The zero-order chi connectivity index (χ0) is 11.0. The summed E-state index contributed by atoms with van der Waals surface area (Å²) < 4.78 is 2.16. The number of nitrogens with zero attached hydrogens (tertiary/aromatic N) is 1. The van der Waals surface area contributed by atoms with Crippen LogP contribution in [0, 0.1) is 5.92 Å². The Morgan fingerprint density at radius 3 is 2.71 bits per heavy atom. The van der Waals surface area contributed by atoms with Crippen LogP contribution in [0.15, 0.2) is 12.3 Å². The van der Waals surface area contributed by atoms with Crippen molar-refractivity contribution in [2.45, 2.75) is 33.1 Å². The van der Waals surface area contributed by atoms with Gasteiger partial charge in [-0.1, -0.05) is 20.3 Å². The number of rotatable bonds is 7. The van der Waals surface area contributed by atoms with Crippen molar-refractivity contribution in [2.75, 3.05) is 20.6 Å².